The number of aryl methyl sites for hydroxylation is 1. The summed E-state index contributed by atoms with van der Waals surface area (Å²) in [6.07, 6.45) is 0. The Hall–Kier alpha value is -0.900. The van der Waals surface area contributed by atoms with Crippen molar-refractivity contribution in [3.8, 4) is 0 Å². The first-order chi connectivity index (χ1) is 5.25. The highest BCUT2D eigenvalue weighted by atomic mass is 32.1. The lowest BCUT2D eigenvalue weighted by Crippen LogP contribution is -2.22. The predicted octanol–water partition coefficient (Wildman–Crippen LogP) is 1.20. The van der Waals surface area contributed by atoms with Crippen molar-refractivity contribution < 1.29 is 4.79 Å². The van der Waals surface area contributed by atoms with Crippen LogP contribution >= 0.6 is 11.5 Å². The molecule has 1 amide bonds. The molecule has 1 aromatic heterocycles. The van der Waals surface area contributed by atoms with Crippen LogP contribution in [-0.2, 0) is 0 Å². The molecule has 0 aromatic carbocycles. The van der Waals surface area contributed by atoms with E-state index in [1.54, 1.807) is 5.38 Å². The lowest BCUT2D eigenvalue weighted by Gasteiger charge is -1.98. The zero-order chi connectivity index (χ0) is 8.27. The molecule has 0 saturated carbocycles. The Kier molecular flexibility index (Phi) is 2.59. The maximum atomic E-state index is 11.2. The predicted molar refractivity (Wildman–Crippen MR) is 44.9 cm³/mol. The summed E-state index contributed by atoms with van der Waals surface area (Å²) in [5.74, 6) is -0.0289. The van der Waals surface area contributed by atoms with E-state index in [9.17, 15) is 4.79 Å². The second kappa shape index (κ2) is 3.48. The smallest absolute Gasteiger partial charge is 0.254 e. The Morgan fingerprint density at radius 2 is 2.55 bits per heavy atom. The average molecular weight is 170 g/mol. The SMILES string of the molecule is CCNC(=O)c1csnc1C. The maximum Gasteiger partial charge on any atom is 0.254 e. The molecule has 1 N–H and O–H groups in total. The molecule has 0 radical (unpaired) electrons. The normalized spacial score (nSPS) is 9.64. The van der Waals surface area contributed by atoms with E-state index in [4.69, 9.17) is 0 Å². The Morgan fingerprint density at radius 3 is 3.00 bits per heavy atom. The summed E-state index contributed by atoms with van der Waals surface area (Å²) in [7, 11) is 0. The molecule has 0 spiro atoms. The molecule has 0 bridgehead atoms. The van der Waals surface area contributed by atoms with Crippen LogP contribution in [0.2, 0.25) is 0 Å². The van der Waals surface area contributed by atoms with E-state index in [0.717, 1.165) is 5.69 Å². The molecule has 0 aliphatic rings. The highest BCUT2D eigenvalue weighted by Crippen LogP contribution is 2.08. The van der Waals surface area contributed by atoms with Gasteiger partial charge >= 0.3 is 0 Å². The molecule has 1 rings (SSSR count). The van der Waals surface area contributed by atoms with Crippen molar-refractivity contribution in [2.45, 2.75) is 13.8 Å². The zero-order valence-corrected chi connectivity index (χ0v) is 7.36. The number of carbonyl (C=O) groups excluding carboxylic acids is 1. The van der Waals surface area contributed by atoms with Crippen LogP contribution < -0.4 is 5.32 Å². The Labute approximate surface area is 69.6 Å². The van der Waals surface area contributed by atoms with Gasteiger partial charge in [0.25, 0.3) is 5.91 Å². The number of rotatable bonds is 2. The molecule has 0 aliphatic heterocycles. The fourth-order valence-corrected chi connectivity index (χ4v) is 1.46. The maximum absolute atomic E-state index is 11.2. The number of carbonyl (C=O) groups is 1. The molecule has 1 aromatic rings. The molecule has 11 heavy (non-hydrogen) atoms. The van der Waals surface area contributed by atoms with E-state index in [-0.39, 0.29) is 5.91 Å². The number of nitrogens with zero attached hydrogens (tertiary/aromatic N) is 1. The van der Waals surface area contributed by atoms with Crippen molar-refractivity contribution in [1.82, 2.24) is 9.69 Å². The van der Waals surface area contributed by atoms with Gasteiger partial charge in [-0.3, -0.25) is 4.79 Å². The second-order valence-electron chi connectivity index (χ2n) is 2.17. The lowest BCUT2D eigenvalue weighted by molar-refractivity contribution is 0.0955. The summed E-state index contributed by atoms with van der Waals surface area (Å²) in [5.41, 5.74) is 1.50. The lowest BCUT2D eigenvalue weighted by atomic mass is 10.2. The summed E-state index contributed by atoms with van der Waals surface area (Å²) in [6, 6.07) is 0. The molecule has 0 unspecified atom stereocenters. The van der Waals surface area contributed by atoms with E-state index in [2.05, 4.69) is 9.69 Å². The molecular weight excluding hydrogens is 160 g/mol. The molecule has 60 valence electrons. The standard InChI is InChI=1S/C7H10N2OS/c1-3-8-7(10)6-4-11-9-5(6)2/h4H,3H2,1-2H3,(H,8,10). The minimum absolute atomic E-state index is 0.0289. The fourth-order valence-electron chi connectivity index (χ4n) is 0.766. The number of nitrogens with one attached hydrogen (secondary N) is 1. The van der Waals surface area contributed by atoms with E-state index in [1.165, 1.54) is 11.5 Å². The number of amides is 1. The van der Waals surface area contributed by atoms with Gasteiger partial charge in [-0.1, -0.05) is 0 Å². The van der Waals surface area contributed by atoms with Crippen LogP contribution in [0.25, 0.3) is 0 Å². The quantitative estimate of drug-likeness (QED) is 0.724. The highest BCUT2D eigenvalue weighted by molar-refractivity contribution is 7.03. The molecule has 0 aliphatic carbocycles. The van der Waals surface area contributed by atoms with Crippen LogP contribution in [0, 0.1) is 6.92 Å². The van der Waals surface area contributed by atoms with Crippen molar-refractivity contribution in [2.24, 2.45) is 0 Å². The van der Waals surface area contributed by atoms with Crippen molar-refractivity contribution in [2.75, 3.05) is 6.54 Å². The van der Waals surface area contributed by atoms with Gasteiger partial charge in [0.05, 0.1) is 11.3 Å². The van der Waals surface area contributed by atoms with Gasteiger partial charge in [-0.2, -0.15) is 4.37 Å². The van der Waals surface area contributed by atoms with Crippen LogP contribution in [0.4, 0.5) is 0 Å². The molecular formula is C7H10N2OS. The van der Waals surface area contributed by atoms with E-state index >= 15 is 0 Å². The van der Waals surface area contributed by atoms with Crippen molar-refractivity contribution in [1.29, 1.82) is 0 Å². The Bertz CT molecular complexity index is 257. The molecule has 0 saturated heterocycles. The minimum Gasteiger partial charge on any atom is -0.352 e. The molecule has 0 fully saturated rings. The Balaban J connectivity index is 2.76. The summed E-state index contributed by atoms with van der Waals surface area (Å²) < 4.78 is 4.00. The van der Waals surface area contributed by atoms with Gasteiger partial charge in [0.15, 0.2) is 0 Å². The van der Waals surface area contributed by atoms with Gasteiger partial charge in [-0.05, 0) is 25.4 Å². The van der Waals surface area contributed by atoms with Crippen LogP contribution in [0.3, 0.4) is 0 Å². The van der Waals surface area contributed by atoms with Crippen molar-refractivity contribution in [3.05, 3.63) is 16.6 Å². The number of aromatic nitrogens is 1. The van der Waals surface area contributed by atoms with E-state index < -0.39 is 0 Å². The van der Waals surface area contributed by atoms with Gasteiger partial charge in [0.2, 0.25) is 0 Å². The van der Waals surface area contributed by atoms with Gasteiger partial charge < -0.3 is 5.32 Å². The second-order valence-corrected chi connectivity index (χ2v) is 2.80. The molecule has 3 nitrogen and oxygen atoms in total. The van der Waals surface area contributed by atoms with Gasteiger partial charge in [-0.25, -0.2) is 0 Å². The average Bonchev–Trinajstić information content (AvgIpc) is 2.36. The molecule has 0 atom stereocenters. The van der Waals surface area contributed by atoms with Crippen molar-refractivity contribution >= 4 is 17.4 Å². The zero-order valence-electron chi connectivity index (χ0n) is 6.55. The third-order valence-electron chi connectivity index (χ3n) is 1.33. The van der Waals surface area contributed by atoms with Gasteiger partial charge in [0, 0.05) is 11.9 Å². The first-order valence-electron chi connectivity index (χ1n) is 3.45. The summed E-state index contributed by atoms with van der Waals surface area (Å²) >= 11 is 1.31. The van der Waals surface area contributed by atoms with E-state index in [0.29, 0.717) is 12.1 Å². The van der Waals surface area contributed by atoms with E-state index in [1.807, 2.05) is 13.8 Å². The number of hydrogen-bond donors (Lipinski definition) is 1. The first kappa shape index (κ1) is 8.20. The molecule has 1 heterocycles. The van der Waals surface area contributed by atoms with Gasteiger partial charge in [-0.15, -0.1) is 0 Å². The molecule has 4 heteroatoms. The fraction of sp³-hybridized carbons (Fsp3) is 0.429. The third-order valence-corrected chi connectivity index (χ3v) is 2.05. The van der Waals surface area contributed by atoms with Crippen molar-refractivity contribution in [3.63, 3.8) is 0 Å². The monoisotopic (exact) mass is 170 g/mol. The van der Waals surface area contributed by atoms with Crippen LogP contribution in [0.5, 0.6) is 0 Å². The van der Waals surface area contributed by atoms with Crippen LogP contribution in [0.1, 0.15) is 23.0 Å². The summed E-state index contributed by atoms with van der Waals surface area (Å²) in [5, 5.41) is 4.48. The summed E-state index contributed by atoms with van der Waals surface area (Å²) in [4.78, 5) is 11.2. The number of hydrogen-bond acceptors (Lipinski definition) is 3. The Morgan fingerprint density at radius 1 is 1.82 bits per heavy atom. The van der Waals surface area contributed by atoms with Gasteiger partial charge in [0.1, 0.15) is 0 Å². The highest BCUT2D eigenvalue weighted by Gasteiger charge is 2.08. The summed E-state index contributed by atoms with van der Waals surface area (Å²) in [6.45, 7) is 4.39. The first-order valence-corrected chi connectivity index (χ1v) is 4.28. The topological polar surface area (TPSA) is 42.0 Å². The largest absolute Gasteiger partial charge is 0.352 e. The van der Waals surface area contributed by atoms with Crippen LogP contribution in [0.15, 0.2) is 5.38 Å². The third kappa shape index (κ3) is 1.77. The minimum atomic E-state index is -0.0289. The van der Waals surface area contributed by atoms with Crippen LogP contribution in [-0.4, -0.2) is 16.8 Å².